The number of carbonyl (C=O) groups is 3. The minimum absolute atomic E-state index is 0.0520. The topological polar surface area (TPSA) is 103 Å². The van der Waals surface area contributed by atoms with E-state index in [9.17, 15) is 14.4 Å². The highest BCUT2D eigenvalue weighted by molar-refractivity contribution is 5.72. The number of carbonyl (C=O) groups excluding carboxylic acids is 3. The lowest BCUT2D eigenvalue weighted by Crippen LogP contribution is -2.37. The first-order valence-corrected chi connectivity index (χ1v) is 9.70. The number of hydrogen-bond donors (Lipinski definition) is 2. The van der Waals surface area contributed by atoms with Crippen LogP contribution >= 0.6 is 0 Å². The number of benzene rings is 1. The third-order valence-electron chi connectivity index (χ3n) is 3.82. The molecule has 1 aromatic carbocycles. The lowest BCUT2D eigenvalue weighted by molar-refractivity contribution is -0.141. The van der Waals surface area contributed by atoms with Gasteiger partial charge in [0.1, 0.15) is 12.2 Å². The number of ether oxygens (including phenoxy) is 3. The Morgan fingerprint density at radius 3 is 2.34 bits per heavy atom. The minimum atomic E-state index is -0.588. The van der Waals surface area contributed by atoms with E-state index in [1.165, 1.54) is 7.11 Å². The van der Waals surface area contributed by atoms with Crippen molar-refractivity contribution in [3.05, 3.63) is 35.9 Å². The fourth-order valence-corrected chi connectivity index (χ4v) is 2.46. The Balaban J connectivity index is 2.36. The Labute approximate surface area is 172 Å². The monoisotopic (exact) mass is 408 g/mol. The molecule has 1 atom stereocenters. The molecular weight excluding hydrogens is 376 g/mol. The van der Waals surface area contributed by atoms with Gasteiger partial charge in [-0.3, -0.25) is 4.79 Å². The van der Waals surface area contributed by atoms with E-state index in [4.69, 9.17) is 14.2 Å². The van der Waals surface area contributed by atoms with Gasteiger partial charge in [0.15, 0.2) is 0 Å². The first-order chi connectivity index (χ1) is 13.7. The molecule has 8 heteroatoms. The Bertz CT molecular complexity index is 642. The fraction of sp³-hybridized carbons (Fsp3) is 0.571. The molecule has 8 nitrogen and oxygen atoms in total. The summed E-state index contributed by atoms with van der Waals surface area (Å²) in [5, 5.41) is 5.39. The number of amides is 2. The molecule has 0 unspecified atom stereocenters. The summed E-state index contributed by atoms with van der Waals surface area (Å²) in [7, 11) is 1.30. The van der Waals surface area contributed by atoms with E-state index in [0.717, 1.165) is 5.56 Å². The molecule has 0 saturated heterocycles. The van der Waals surface area contributed by atoms with E-state index in [1.54, 1.807) is 20.8 Å². The Kier molecular flexibility index (Phi) is 10.6. The zero-order chi connectivity index (χ0) is 21.7. The number of methoxy groups -OCH3 is 1. The van der Waals surface area contributed by atoms with Crippen molar-refractivity contribution < 1.29 is 28.6 Å². The van der Waals surface area contributed by atoms with Gasteiger partial charge in [-0.05, 0) is 45.6 Å². The third-order valence-corrected chi connectivity index (χ3v) is 3.82. The summed E-state index contributed by atoms with van der Waals surface area (Å²) in [6.07, 6.45) is 0.914. The Morgan fingerprint density at radius 1 is 1.03 bits per heavy atom. The van der Waals surface area contributed by atoms with Crippen LogP contribution in [0.15, 0.2) is 30.3 Å². The van der Waals surface area contributed by atoms with Crippen LogP contribution in [-0.4, -0.2) is 43.5 Å². The van der Waals surface area contributed by atoms with Crippen molar-refractivity contribution in [2.75, 3.05) is 13.7 Å². The molecule has 1 rings (SSSR count). The van der Waals surface area contributed by atoms with Crippen LogP contribution in [0.25, 0.3) is 0 Å². The van der Waals surface area contributed by atoms with Crippen LogP contribution in [0, 0.1) is 0 Å². The first kappa shape index (κ1) is 24.3. The van der Waals surface area contributed by atoms with E-state index in [1.807, 2.05) is 30.3 Å². The zero-order valence-electron chi connectivity index (χ0n) is 17.7. The van der Waals surface area contributed by atoms with Gasteiger partial charge in [0, 0.05) is 12.6 Å². The smallest absolute Gasteiger partial charge is 0.407 e. The van der Waals surface area contributed by atoms with Gasteiger partial charge in [-0.15, -0.1) is 0 Å². The molecule has 0 aliphatic heterocycles. The van der Waals surface area contributed by atoms with Gasteiger partial charge >= 0.3 is 18.2 Å². The summed E-state index contributed by atoms with van der Waals surface area (Å²) in [5.41, 5.74) is 0.333. The molecule has 29 heavy (non-hydrogen) atoms. The van der Waals surface area contributed by atoms with Crippen LogP contribution < -0.4 is 10.6 Å². The number of unbranched alkanes of at least 4 members (excludes halogenated alkanes) is 1. The van der Waals surface area contributed by atoms with Crippen LogP contribution in [0.3, 0.4) is 0 Å². The fourth-order valence-electron chi connectivity index (χ4n) is 2.46. The highest BCUT2D eigenvalue weighted by atomic mass is 16.6. The number of hydrogen-bond acceptors (Lipinski definition) is 6. The van der Waals surface area contributed by atoms with Crippen molar-refractivity contribution in [1.29, 1.82) is 0 Å². The predicted octanol–water partition coefficient (Wildman–Crippen LogP) is 3.54. The summed E-state index contributed by atoms with van der Waals surface area (Å²) >= 11 is 0. The summed E-state index contributed by atoms with van der Waals surface area (Å²) in [6.45, 7) is 5.99. The number of rotatable bonds is 10. The maximum atomic E-state index is 12.0. The van der Waals surface area contributed by atoms with Crippen molar-refractivity contribution in [1.82, 2.24) is 10.6 Å². The van der Waals surface area contributed by atoms with Crippen molar-refractivity contribution in [3.63, 3.8) is 0 Å². The van der Waals surface area contributed by atoms with Crippen molar-refractivity contribution in [2.45, 2.75) is 64.7 Å². The van der Waals surface area contributed by atoms with Crippen molar-refractivity contribution in [2.24, 2.45) is 0 Å². The largest absolute Gasteiger partial charge is 0.469 e. The first-order valence-electron chi connectivity index (χ1n) is 9.70. The van der Waals surface area contributed by atoms with Gasteiger partial charge in [-0.2, -0.15) is 0 Å². The second kappa shape index (κ2) is 12.6. The van der Waals surface area contributed by atoms with E-state index < -0.39 is 29.8 Å². The Morgan fingerprint density at radius 2 is 1.72 bits per heavy atom. The lowest BCUT2D eigenvalue weighted by atomic mass is 10.1. The summed E-state index contributed by atoms with van der Waals surface area (Å²) < 4.78 is 15.1. The normalized spacial score (nSPS) is 11.9. The van der Waals surface area contributed by atoms with Gasteiger partial charge in [-0.1, -0.05) is 30.3 Å². The highest BCUT2D eigenvalue weighted by Gasteiger charge is 2.18. The zero-order valence-corrected chi connectivity index (χ0v) is 17.7. The van der Waals surface area contributed by atoms with Crippen LogP contribution in [0.1, 0.15) is 52.0 Å². The SMILES string of the molecule is COC(=O)C[C@H](CCCCNC(=O)OC(C)(C)C)NC(=O)OCc1ccccc1. The number of esters is 1. The molecular formula is C21H32N2O6. The van der Waals surface area contributed by atoms with Crippen LogP contribution in [-0.2, 0) is 25.6 Å². The average molecular weight is 408 g/mol. The lowest BCUT2D eigenvalue weighted by Gasteiger charge is -2.20. The number of alkyl carbamates (subject to hydrolysis) is 2. The average Bonchev–Trinajstić information content (AvgIpc) is 2.65. The molecule has 0 fully saturated rings. The third kappa shape index (κ3) is 12.3. The molecule has 0 radical (unpaired) electrons. The Hall–Kier alpha value is -2.77. The molecule has 1 aromatic rings. The molecule has 0 aliphatic carbocycles. The second-order valence-electron chi connectivity index (χ2n) is 7.61. The second-order valence-corrected chi connectivity index (χ2v) is 7.61. The maximum absolute atomic E-state index is 12.0. The predicted molar refractivity (Wildman–Crippen MR) is 108 cm³/mol. The van der Waals surface area contributed by atoms with Gasteiger partial charge in [-0.25, -0.2) is 9.59 Å². The maximum Gasteiger partial charge on any atom is 0.407 e. The van der Waals surface area contributed by atoms with Gasteiger partial charge in [0.25, 0.3) is 0 Å². The summed E-state index contributed by atoms with van der Waals surface area (Å²) in [4.78, 5) is 35.3. The van der Waals surface area contributed by atoms with Gasteiger partial charge < -0.3 is 24.8 Å². The van der Waals surface area contributed by atoms with Crippen LogP contribution in [0.4, 0.5) is 9.59 Å². The van der Waals surface area contributed by atoms with E-state index in [2.05, 4.69) is 10.6 Å². The molecule has 0 bridgehead atoms. The van der Waals surface area contributed by atoms with Crippen LogP contribution in [0.5, 0.6) is 0 Å². The van der Waals surface area contributed by atoms with E-state index in [-0.39, 0.29) is 13.0 Å². The molecule has 0 aromatic heterocycles. The van der Waals surface area contributed by atoms with Gasteiger partial charge in [0.05, 0.1) is 13.5 Å². The van der Waals surface area contributed by atoms with Gasteiger partial charge in [0.2, 0.25) is 0 Å². The molecule has 0 aliphatic rings. The molecule has 0 saturated carbocycles. The highest BCUT2D eigenvalue weighted by Crippen LogP contribution is 2.09. The van der Waals surface area contributed by atoms with Crippen LogP contribution in [0.2, 0.25) is 0 Å². The molecule has 162 valence electrons. The summed E-state index contributed by atoms with van der Waals surface area (Å²) in [6, 6.07) is 8.91. The molecule has 2 amide bonds. The minimum Gasteiger partial charge on any atom is -0.469 e. The van der Waals surface area contributed by atoms with E-state index >= 15 is 0 Å². The van der Waals surface area contributed by atoms with Crippen molar-refractivity contribution in [3.8, 4) is 0 Å². The summed E-state index contributed by atoms with van der Waals surface area (Å²) in [5.74, 6) is -0.412. The standard InChI is InChI=1S/C21H32N2O6/c1-21(2,3)29-19(25)22-13-9-8-12-17(14-18(24)27-4)23-20(26)28-15-16-10-6-5-7-11-16/h5-7,10-11,17H,8-9,12-15H2,1-4H3,(H,22,25)(H,23,26)/t17-/m0/s1. The molecule has 2 N–H and O–H groups in total. The van der Waals surface area contributed by atoms with E-state index in [0.29, 0.717) is 25.8 Å². The van der Waals surface area contributed by atoms with Crippen molar-refractivity contribution >= 4 is 18.2 Å². The molecule has 0 spiro atoms. The quantitative estimate of drug-likeness (QED) is 0.349. The molecule has 0 heterocycles. The number of nitrogens with one attached hydrogen (secondary N) is 2.